The summed E-state index contributed by atoms with van der Waals surface area (Å²) in [7, 11) is -4.06. The van der Waals surface area contributed by atoms with Crippen LogP contribution in [0, 0.1) is 6.92 Å². The third-order valence-corrected chi connectivity index (χ3v) is 5.93. The Bertz CT molecular complexity index is 892. The number of anilines is 1. The van der Waals surface area contributed by atoms with E-state index in [4.69, 9.17) is 0 Å². The molecule has 1 saturated heterocycles. The summed E-state index contributed by atoms with van der Waals surface area (Å²) in [4.78, 5) is 24.7. The number of nitrogens with zero attached hydrogens (tertiary/aromatic N) is 1. The number of carbonyl (C=O) groups is 2. The molecule has 0 unspecified atom stereocenters. The number of sulfonamides is 1. The van der Waals surface area contributed by atoms with Crippen molar-refractivity contribution < 1.29 is 18.0 Å². The topological polar surface area (TPSA) is 83.6 Å². The lowest BCUT2D eigenvalue weighted by Gasteiger charge is -2.23. The number of amides is 2. The molecule has 1 heterocycles. The molecule has 0 aliphatic carbocycles. The van der Waals surface area contributed by atoms with Gasteiger partial charge in [0.25, 0.3) is 10.0 Å². The smallest absolute Gasteiger partial charge is 0.267 e. The Morgan fingerprint density at radius 2 is 1.72 bits per heavy atom. The lowest BCUT2D eigenvalue weighted by Crippen LogP contribution is -2.45. The Kier molecular flexibility index (Phi) is 4.59. The summed E-state index contributed by atoms with van der Waals surface area (Å²) >= 11 is 0. The molecule has 25 heavy (non-hydrogen) atoms. The van der Waals surface area contributed by atoms with Crippen molar-refractivity contribution in [1.29, 1.82) is 0 Å². The van der Waals surface area contributed by atoms with E-state index in [9.17, 15) is 18.0 Å². The number of benzene rings is 2. The molecular weight excluding hydrogens is 340 g/mol. The van der Waals surface area contributed by atoms with Gasteiger partial charge in [0.15, 0.2) is 0 Å². The van der Waals surface area contributed by atoms with E-state index in [2.05, 4.69) is 5.32 Å². The van der Waals surface area contributed by atoms with Crippen molar-refractivity contribution in [3.8, 4) is 0 Å². The minimum atomic E-state index is -4.06. The molecule has 0 spiro atoms. The molecule has 1 atom stereocenters. The number of hydrogen-bond donors (Lipinski definition) is 1. The molecule has 2 aromatic rings. The fourth-order valence-corrected chi connectivity index (χ4v) is 4.39. The highest BCUT2D eigenvalue weighted by Gasteiger charge is 2.44. The first kappa shape index (κ1) is 17.2. The molecule has 0 bridgehead atoms. The van der Waals surface area contributed by atoms with Crippen molar-refractivity contribution in [3.63, 3.8) is 0 Å². The third kappa shape index (κ3) is 3.41. The van der Waals surface area contributed by atoms with Crippen molar-refractivity contribution in [2.24, 2.45) is 0 Å². The number of rotatable bonds is 4. The Hall–Kier alpha value is -2.67. The van der Waals surface area contributed by atoms with Gasteiger partial charge in [0.1, 0.15) is 6.04 Å². The number of hydrogen-bond acceptors (Lipinski definition) is 4. The first-order chi connectivity index (χ1) is 11.9. The fraction of sp³-hybridized carbons (Fsp3) is 0.222. The SMILES string of the molecule is Cc1ccc(NC(=O)[C@H]2CCC(=O)N2S(=O)(=O)c2ccccc2)cc1. The van der Waals surface area contributed by atoms with Gasteiger partial charge in [-0.25, -0.2) is 12.7 Å². The average molecular weight is 358 g/mol. The van der Waals surface area contributed by atoms with Crippen LogP contribution in [0.3, 0.4) is 0 Å². The summed E-state index contributed by atoms with van der Waals surface area (Å²) in [6.07, 6.45) is 0.195. The van der Waals surface area contributed by atoms with Crippen molar-refractivity contribution in [1.82, 2.24) is 4.31 Å². The van der Waals surface area contributed by atoms with Crippen LogP contribution < -0.4 is 5.32 Å². The summed E-state index contributed by atoms with van der Waals surface area (Å²) in [6.45, 7) is 1.93. The van der Waals surface area contributed by atoms with E-state index in [0.29, 0.717) is 9.99 Å². The molecule has 0 radical (unpaired) electrons. The van der Waals surface area contributed by atoms with Gasteiger partial charge in [0, 0.05) is 12.1 Å². The molecule has 3 rings (SSSR count). The standard InChI is InChI=1S/C18H18N2O4S/c1-13-7-9-14(10-8-13)19-18(22)16-11-12-17(21)20(16)25(23,24)15-5-3-2-4-6-15/h2-10,16H,11-12H2,1H3,(H,19,22)/t16-/m1/s1. The molecule has 1 aliphatic rings. The molecule has 130 valence electrons. The summed E-state index contributed by atoms with van der Waals surface area (Å²) in [5.74, 6) is -1.07. The van der Waals surface area contributed by atoms with Gasteiger partial charge in [0.05, 0.1) is 4.90 Å². The van der Waals surface area contributed by atoms with Crippen LogP contribution in [-0.4, -0.2) is 30.6 Å². The van der Waals surface area contributed by atoms with E-state index in [-0.39, 0.29) is 17.7 Å². The van der Waals surface area contributed by atoms with Gasteiger partial charge in [-0.3, -0.25) is 9.59 Å². The Labute approximate surface area is 146 Å². The van der Waals surface area contributed by atoms with Crippen LogP contribution in [0.2, 0.25) is 0 Å². The van der Waals surface area contributed by atoms with Gasteiger partial charge in [0.2, 0.25) is 11.8 Å². The Balaban J connectivity index is 1.87. The van der Waals surface area contributed by atoms with Crippen LogP contribution in [-0.2, 0) is 19.6 Å². The quantitative estimate of drug-likeness (QED) is 0.909. The molecule has 0 aromatic heterocycles. The van der Waals surface area contributed by atoms with Crippen molar-refractivity contribution in [2.45, 2.75) is 30.7 Å². The maximum Gasteiger partial charge on any atom is 0.267 e. The van der Waals surface area contributed by atoms with Gasteiger partial charge >= 0.3 is 0 Å². The van der Waals surface area contributed by atoms with E-state index < -0.39 is 27.9 Å². The second-order valence-electron chi connectivity index (χ2n) is 5.92. The highest BCUT2D eigenvalue weighted by molar-refractivity contribution is 7.89. The van der Waals surface area contributed by atoms with Crippen LogP contribution in [0.5, 0.6) is 0 Å². The molecule has 2 amide bonds. The lowest BCUT2D eigenvalue weighted by atomic mass is 10.2. The first-order valence-electron chi connectivity index (χ1n) is 7.89. The molecule has 1 N–H and O–H groups in total. The molecular formula is C18H18N2O4S. The minimum absolute atomic E-state index is 0.00149. The lowest BCUT2D eigenvalue weighted by molar-refractivity contribution is -0.128. The van der Waals surface area contributed by atoms with Crippen molar-refractivity contribution in [2.75, 3.05) is 5.32 Å². The minimum Gasteiger partial charge on any atom is -0.324 e. The van der Waals surface area contributed by atoms with Crippen LogP contribution in [0.1, 0.15) is 18.4 Å². The Morgan fingerprint density at radius 1 is 1.08 bits per heavy atom. The maximum absolute atomic E-state index is 12.8. The summed E-state index contributed by atoms with van der Waals surface area (Å²) in [6, 6.07) is 13.8. The molecule has 7 heteroatoms. The fourth-order valence-electron chi connectivity index (χ4n) is 2.77. The molecule has 1 fully saturated rings. The highest BCUT2D eigenvalue weighted by Crippen LogP contribution is 2.28. The van der Waals surface area contributed by atoms with E-state index in [1.54, 1.807) is 30.3 Å². The van der Waals surface area contributed by atoms with E-state index in [1.165, 1.54) is 12.1 Å². The van der Waals surface area contributed by atoms with E-state index >= 15 is 0 Å². The summed E-state index contributed by atoms with van der Waals surface area (Å²) in [5, 5.41) is 2.69. The zero-order valence-corrected chi connectivity index (χ0v) is 14.5. The predicted octanol–water partition coefficient (Wildman–Crippen LogP) is 2.31. The number of aryl methyl sites for hydroxylation is 1. The largest absolute Gasteiger partial charge is 0.324 e. The van der Waals surface area contributed by atoms with Crippen LogP contribution in [0.4, 0.5) is 5.69 Å². The van der Waals surface area contributed by atoms with Gasteiger partial charge in [-0.05, 0) is 37.6 Å². The van der Waals surface area contributed by atoms with Crippen LogP contribution in [0.15, 0.2) is 59.5 Å². The zero-order valence-electron chi connectivity index (χ0n) is 13.7. The third-order valence-electron chi connectivity index (χ3n) is 4.08. The Morgan fingerprint density at radius 3 is 2.36 bits per heavy atom. The van der Waals surface area contributed by atoms with Gasteiger partial charge in [-0.15, -0.1) is 0 Å². The predicted molar refractivity (Wildman–Crippen MR) is 93.3 cm³/mol. The van der Waals surface area contributed by atoms with Crippen molar-refractivity contribution >= 4 is 27.5 Å². The van der Waals surface area contributed by atoms with Crippen LogP contribution >= 0.6 is 0 Å². The van der Waals surface area contributed by atoms with E-state index in [0.717, 1.165) is 5.56 Å². The normalized spacial score (nSPS) is 17.6. The van der Waals surface area contributed by atoms with Gasteiger partial charge in [-0.1, -0.05) is 35.9 Å². The zero-order chi connectivity index (χ0) is 18.0. The maximum atomic E-state index is 12.8. The van der Waals surface area contributed by atoms with Crippen molar-refractivity contribution in [3.05, 3.63) is 60.2 Å². The monoisotopic (exact) mass is 358 g/mol. The highest BCUT2D eigenvalue weighted by atomic mass is 32.2. The second-order valence-corrected chi connectivity index (χ2v) is 7.73. The summed E-state index contributed by atoms with van der Waals surface area (Å²) in [5.41, 5.74) is 1.61. The second kappa shape index (κ2) is 6.68. The molecule has 0 saturated carbocycles. The summed E-state index contributed by atoms with van der Waals surface area (Å²) < 4.78 is 26.3. The average Bonchev–Trinajstić information content (AvgIpc) is 3.00. The van der Waals surface area contributed by atoms with Crippen LogP contribution in [0.25, 0.3) is 0 Å². The number of carbonyl (C=O) groups excluding carboxylic acids is 2. The molecule has 2 aromatic carbocycles. The van der Waals surface area contributed by atoms with E-state index in [1.807, 2.05) is 19.1 Å². The van der Waals surface area contributed by atoms with Gasteiger partial charge in [-0.2, -0.15) is 0 Å². The number of nitrogens with one attached hydrogen (secondary N) is 1. The van der Waals surface area contributed by atoms with Gasteiger partial charge < -0.3 is 5.32 Å². The molecule has 6 nitrogen and oxygen atoms in total. The first-order valence-corrected chi connectivity index (χ1v) is 9.33. The molecule has 1 aliphatic heterocycles.